The second-order valence-electron chi connectivity index (χ2n) is 7.74. The fourth-order valence-electron chi connectivity index (χ4n) is 4.44. The molecule has 3 rings (SSSR count). The van der Waals surface area contributed by atoms with Crippen LogP contribution in [0.25, 0.3) is 0 Å². The van der Waals surface area contributed by atoms with Crippen LogP contribution in [0, 0.1) is 17.8 Å². The molecule has 0 radical (unpaired) electrons. The molecule has 0 aromatic heterocycles. The van der Waals surface area contributed by atoms with Crippen molar-refractivity contribution in [3.63, 3.8) is 0 Å². The topological polar surface area (TPSA) is 27.7 Å². The molecular formula is C21H32O3. The lowest BCUT2D eigenvalue weighted by molar-refractivity contribution is -0.230. The molecule has 0 amide bonds. The fraction of sp³-hybridized carbons (Fsp3) is 0.714. The van der Waals surface area contributed by atoms with E-state index in [0.29, 0.717) is 17.8 Å². The Labute approximate surface area is 146 Å². The maximum Gasteiger partial charge on any atom is 0.183 e. The van der Waals surface area contributed by atoms with Crippen molar-refractivity contribution < 1.29 is 14.2 Å². The van der Waals surface area contributed by atoms with Gasteiger partial charge in [0.05, 0.1) is 6.61 Å². The van der Waals surface area contributed by atoms with Gasteiger partial charge in [-0.05, 0) is 70.3 Å². The van der Waals surface area contributed by atoms with Crippen LogP contribution in [0.4, 0.5) is 0 Å². The Balaban J connectivity index is 1.83. The third kappa shape index (κ3) is 3.84. The number of allylic oxidation sites excluding steroid dienone is 5. The van der Waals surface area contributed by atoms with E-state index in [4.69, 9.17) is 14.2 Å². The molecule has 5 atom stereocenters. The molecule has 1 aliphatic carbocycles. The van der Waals surface area contributed by atoms with Crippen LogP contribution in [0.5, 0.6) is 0 Å². The number of ether oxygens (including phenoxy) is 3. The highest BCUT2D eigenvalue weighted by molar-refractivity contribution is 5.21. The van der Waals surface area contributed by atoms with Gasteiger partial charge in [-0.2, -0.15) is 0 Å². The minimum Gasteiger partial charge on any atom is -0.352 e. The average molecular weight is 332 g/mol. The lowest BCUT2D eigenvalue weighted by Gasteiger charge is -2.39. The van der Waals surface area contributed by atoms with Gasteiger partial charge in [0, 0.05) is 13.0 Å². The van der Waals surface area contributed by atoms with E-state index in [1.165, 1.54) is 36.0 Å². The minimum atomic E-state index is -0.231. The Morgan fingerprint density at radius 3 is 2.92 bits per heavy atom. The van der Waals surface area contributed by atoms with E-state index >= 15 is 0 Å². The first-order chi connectivity index (χ1) is 11.6. The molecule has 2 aliphatic heterocycles. The van der Waals surface area contributed by atoms with Crippen molar-refractivity contribution in [3.05, 3.63) is 34.9 Å². The molecule has 0 aromatic rings. The van der Waals surface area contributed by atoms with Crippen LogP contribution in [-0.2, 0) is 14.2 Å². The van der Waals surface area contributed by atoms with Gasteiger partial charge in [0.1, 0.15) is 0 Å². The Hall–Kier alpha value is -0.900. The van der Waals surface area contributed by atoms with Crippen LogP contribution >= 0.6 is 0 Å². The molecule has 0 N–H and O–H groups in total. The van der Waals surface area contributed by atoms with Crippen molar-refractivity contribution in [2.24, 2.45) is 17.8 Å². The van der Waals surface area contributed by atoms with Crippen molar-refractivity contribution >= 4 is 0 Å². The SMILES string of the molecule is COC1OC2OCC(CCC=C(C)C)C3CCC(C)=CCC=C1C23. The average Bonchev–Trinajstić information content (AvgIpc) is 2.93. The van der Waals surface area contributed by atoms with E-state index in [9.17, 15) is 0 Å². The zero-order valence-corrected chi connectivity index (χ0v) is 15.6. The van der Waals surface area contributed by atoms with Crippen LogP contribution < -0.4 is 0 Å². The van der Waals surface area contributed by atoms with E-state index in [-0.39, 0.29) is 12.6 Å². The predicted molar refractivity (Wildman–Crippen MR) is 96.4 cm³/mol. The lowest BCUT2D eigenvalue weighted by Crippen LogP contribution is -2.40. The van der Waals surface area contributed by atoms with Gasteiger partial charge in [0.25, 0.3) is 0 Å². The second-order valence-corrected chi connectivity index (χ2v) is 7.74. The lowest BCUT2D eigenvalue weighted by atomic mass is 9.72. The molecule has 2 saturated heterocycles. The zero-order valence-electron chi connectivity index (χ0n) is 15.6. The van der Waals surface area contributed by atoms with E-state index in [1.807, 2.05) is 0 Å². The van der Waals surface area contributed by atoms with Gasteiger partial charge < -0.3 is 14.2 Å². The number of hydrogen-bond donors (Lipinski definition) is 0. The third-order valence-electron chi connectivity index (χ3n) is 5.75. The molecular weight excluding hydrogens is 300 g/mol. The zero-order chi connectivity index (χ0) is 17.1. The smallest absolute Gasteiger partial charge is 0.183 e. The van der Waals surface area contributed by atoms with Gasteiger partial charge in [-0.1, -0.05) is 29.4 Å². The van der Waals surface area contributed by atoms with Gasteiger partial charge in [0.2, 0.25) is 0 Å². The largest absolute Gasteiger partial charge is 0.352 e. The summed E-state index contributed by atoms with van der Waals surface area (Å²) in [5.41, 5.74) is 4.22. The van der Waals surface area contributed by atoms with E-state index in [0.717, 1.165) is 19.4 Å². The Bertz CT molecular complexity index is 527. The van der Waals surface area contributed by atoms with Crippen molar-refractivity contribution in [2.75, 3.05) is 13.7 Å². The Morgan fingerprint density at radius 2 is 2.17 bits per heavy atom. The first-order valence-corrected chi connectivity index (χ1v) is 9.39. The van der Waals surface area contributed by atoms with Gasteiger partial charge in [-0.25, -0.2) is 0 Å². The maximum atomic E-state index is 6.12. The summed E-state index contributed by atoms with van der Waals surface area (Å²) in [4.78, 5) is 0. The van der Waals surface area contributed by atoms with Crippen LogP contribution in [0.2, 0.25) is 0 Å². The second kappa shape index (κ2) is 7.99. The van der Waals surface area contributed by atoms with Crippen molar-refractivity contribution in [1.29, 1.82) is 0 Å². The highest BCUT2D eigenvalue weighted by Crippen LogP contribution is 2.48. The molecule has 0 saturated carbocycles. The van der Waals surface area contributed by atoms with Gasteiger partial charge >= 0.3 is 0 Å². The van der Waals surface area contributed by atoms with Crippen LogP contribution in [-0.4, -0.2) is 26.3 Å². The standard InChI is InChI=1S/C21H32O3/c1-14(2)7-5-9-16-13-23-21-19-17(16)12-11-15(3)8-6-10-18(19)20(22-4)24-21/h7-8,10,16-17,19-21H,5-6,9,11-13H2,1-4H3. The Kier molecular flexibility index (Phi) is 5.96. The summed E-state index contributed by atoms with van der Waals surface area (Å²) in [7, 11) is 1.73. The Morgan fingerprint density at radius 1 is 1.33 bits per heavy atom. The van der Waals surface area contributed by atoms with Gasteiger partial charge in [-0.3, -0.25) is 0 Å². The molecule has 24 heavy (non-hydrogen) atoms. The molecule has 0 bridgehead atoms. The summed E-state index contributed by atoms with van der Waals surface area (Å²) in [6.07, 6.45) is 12.4. The van der Waals surface area contributed by atoms with Gasteiger partial charge in [-0.15, -0.1) is 0 Å². The van der Waals surface area contributed by atoms with Gasteiger partial charge in [0.15, 0.2) is 12.6 Å². The van der Waals surface area contributed by atoms with E-state index < -0.39 is 0 Å². The monoisotopic (exact) mass is 332 g/mol. The highest BCUT2D eigenvalue weighted by Gasteiger charge is 2.49. The summed E-state index contributed by atoms with van der Waals surface area (Å²) in [5, 5.41) is 0. The molecule has 0 aromatic carbocycles. The van der Waals surface area contributed by atoms with Crippen molar-refractivity contribution in [1.82, 2.24) is 0 Å². The third-order valence-corrected chi connectivity index (χ3v) is 5.75. The predicted octanol–water partition coefficient (Wildman–Crippen LogP) is 5.00. The summed E-state index contributed by atoms with van der Waals surface area (Å²) >= 11 is 0. The van der Waals surface area contributed by atoms with Crippen LogP contribution in [0.3, 0.4) is 0 Å². The van der Waals surface area contributed by atoms with E-state index in [1.54, 1.807) is 7.11 Å². The van der Waals surface area contributed by atoms with Crippen LogP contribution in [0.15, 0.2) is 34.9 Å². The number of rotatable bonds is 4. The van der Waals surface area contributed by atoms with Crippen molar-refractivity contribution in [3.8, 4) is 0 Å². The minimum absolute atomic E-state index is 0.121. The summed E-state index contributed by atoms with van der Waals surface area (Å²) in [6.45, 7) is 7.43. The van der Waals surface area contributed by atoms with Crippen LogP contribution in [0.1, 0.15) is 52.9 Å². The molecule has 134 valence electrons. The molecule has 0 spiro atoms. The summed E-state index contributed by atoms with van der Waals surface area (Å²) in [6, 6.07) is 0. The molecule has 3 heteroatoms. The van der Waals surface area contributed by atoms with Crippen molar-refractivity contribution in [2.45, 2.75) is 65.5 Å². The molecule has 3 aliphatic rings. The normalized spacial score (nSPS) is 35.9. The molecule has 3 nitrogen and oxygen atoms in total. The van der Waals surface area contributed by atoms with E-state index in [2.05, 4.69) is 39.0 Å². The highest BCUT2D eigenvalue weighted by atomic mass is 16.8. The quantitative estimate of drug-likeness (QED) is 0.678. The molecule has 2 fully saturated rings. The molecule has 2 heterocycles. The molecule has 5 unspecified atom stereocenters. The summed E-state index contributed by atoms with van der Waals surface area (Å²) < 4.78 is 17.8. The summed E-state index contributed by atoms with van der Waals surface area (Å²) in [5.74, 6) is 1.59. The number of methoxy groups -OCH3 is 1. The maximum absolute atomic E-state index is 6.12. The first-order valence-electron chi connectivity index (χ1n) is 9.39. The number of hydrogen-bond acceptors (Lipinski definition) is 3. The fourth-order valence-corrected chi connectivity index (χ4v) is 4.44. The first kappa shape index (κ1) is 17.9.